The molecule has 0 aliphatic rings. The van der Waals surface area contributed by atoms with E-state index in [1.165, 1.54) is 11.3 Å². The first-order valence-corrected chi connectivity index (χ1v) is 5.95. The van der Waals surface area contributed by atoms with E-state index in [4.69, 9.17) is 5.84 Å². The lowest BCUT2D eigenvalue weighted by Crippen LogP contribution is -2.12. The van der Waals surface area contributed by atoms with E-state index in [1.807, 2.05) is 11.6 Å². The fourth-order valence-electron chi connectivity index (χ4n) is 1.34. The third-order valence-electron chi connectivity index (χ3n) is 2.08. The van der Waals surface area contributed by atoms with Crippen molar-refractivity contribution in [2.75, 3.05) is 0 Å². The summed E-state index contributed by atoms with van der Waals surface area (Å²) < 4.78 is 24.2. The van der Waals surface area contributed by atoms with Crippen molar-refractivity contribution < 1.29 is 8.76 Å². The van der Waals surface area contributed by atoms with Crippen LogP contribution in [0.5, 0.6) is 0 Å². The van der Waals surface area contributed by atoms with Gasteiger partial charge in [0.15, 0.2) is 0 Å². The van der Waals surface area contributed by atoms with Gasteiger partial charge in [-0.1, -0.05) is 11.3 Å². The first kappa shape index (κ1) is 10.3. The molecular formula is C8H8N3O2S2-. The van der Waals surface area contributed by atoms with Gasteiger partial charge in [0.2, 0.25) is 4.80 Å². The lowest BCUT2D eigenvalue weighted by Gasteiger charge is -2.04. The fraction of sp³-hybridized carbons (Fsp3) is 0.125. The highest BCUT2D eigenvalue weighted by atomic mass is 32.2. The SMILES string of the molecule is Cn1c(=NN)sc2cc(S(=O)[O-])ccc21. The van der Waals surface area contributed by atoms with Crippen molar-refractivity contribution in [1.29, 1.82) is 0 Å². The Kier molecular flexibility index (Phi) is 2.59. The molecule has 0 spiro atoms. The molecule has 1 aromatic heterocycles. The molecule has 0 saturated heterocycles. The number of aromatic nitrogens is 1. The summed E-state index contributed by atoms with van der Waals surface area (Å²) >= 11 is -0.845. The van der Waals surface area contributed by atoms with Crippen LogP contribution in [0, 0.1) is 0 Å². The van der Waals surface area contributed by atoms with Gasteiger partial charge in [0.05, 0.1) is 10.2 Å². The molecule has 2 aromatic rings. The number of benzene rings is 1. The molecule has 0 aliphatic heterocycles. The van der Waals surface area contributed by atoms with Crippen LogP contribution in [0.1, 0.15) is 0 Å². The van der Waals surface area contributed by atoms with Gasteiger partial charge in [-0.25, -0.2) is 0 Å². The first-order chi connectivity index (χ1) is 7.13. The maximum atomic E-state index is 10.8. The van der Waals surface area contributed by atoms with Gasteiger partial charge in [0, 0.05) is 11.9 Å². The zero-order valence-corrected chi connectivity index (χ0v) is 9.47. The number of fused-ring (bicyclic) bond motifs is 1. The predicted molar refractivity (Wildman–Crippen MR) is 57.7 cm³/mol. The van der Waals surface area contributed by atoms with E-state index in [9.17, 15) is 8.76 Å². The van der Waals surface area contributed by atoms with Crippen LogP contribution >= 0.6 is 11.3 Å². The van der Waals surface area contributed by atoms with Crippen LogP contribution in [0.4, 0.5) is 0 Å². The second kappa shape index (κ2) is 3.76. The Bertz CT molecular complexity index is 599. The zero-order valence-electron chi connectivity index (χ0n) is 7.84. The van der Waals surface area contributed by atoms with Crippen LogP contribution in [-0.4, -0.2) is 13.3 Å². The average molecular weight is 242 g/mol. The third-order valence-corrected chi connectivity index (χ3v) is 3.83. The molecule has 15 heavy (non-hydrogen) atoms. The summed E-state index contributed by atoms with van der Waals surface area (Å²) in [6.45, 7) is 0. The Morgan fingerprint density at radius 2 is 2.33 bits per heavy atom. The van der Waals surface area contributed by atoms with Crippen molar-refractivity contribution in [3.8, 4) is 0 Å². The Morgan fingerprint density at radius 1 is 1.60 bits per heavy atom. The summed E-state index contributed by atoms with van der Waals surface area (Å²) in [6, 6.07) is 4.90. The normalized spacial score (nSPS) is 14.7. The number of rotatable bonds is 1. The molecule has 0 bridgehead atoms. The molecule has 0 amide bonds. The molecule has 2 rings (SSSR count). The summed E-state index contributed by atoms with van der Waals surface area (Å²) in [5.74, 6) is 5.21. The van der Waals surface area contributed by atoms with Gasteiger partial charge in [0.1, 0.15) is 0 Å². The van der Waals surface area contributed by atoms with Gasteiger partial charge in [0.25, 0.3) is 0 Å². The smallest absolute Gasteiger partial charge is 0.208 e. The molecule has 0 aliphatic carbocycles. The van der Waals surface area contributed by atoms with E-state index in [0.29, 0.717) is 4.80 Å². The number of nitrogens with zero attached hydrogens (tertiary/aromatic N) is 2. The van der Waals surface area contributed by atoms with E-state index in [0.717, 1.165) is 10.2 Å². The van der Waals surface area contributed by atoms with E-state index >= 15 is 0 Å². The van der Waals surface area contributed by atoms with Crippen LogP contribution < -0.4 is 10.6 Å². The predicted octanol–water partition coefficient (Wildman–Crippen LogP) is 0.252. The minimum Gasteiger partial charge on any atom is -0.768 e. The molecule has 5 nitrogen and oxygen atoms in total. The molecule has 1 aromatic carbocycles. The molecule has 1 unspecified atom stereocenters. The standard InChI is InChI=1S/C8H9N3O2S2/c1-11-6-3-2-5(15(12)13)4-7(6)14-8(11)10-9/h2-4H,9H2,1H3,(H,12,13)/p-1. The van der Waals surface area contributed by atoms with Crippen LogP contribution in [0.15, 0.2) is 28.2 Å². The van der Waals surface area contributed by atoms with E-state index in [-0.39, 0.29) is 4.90 Å². The molecule has 7 heteroatoms. The quantitative estimate of drug-likeness (QED) is 0.442. The topological polar surface area (TPSA) is 83.4 Å². The van der Waals surface area contributed by atoms with E-state index in [2.05, 4.69) is 5.10 Å². The lowest BCUT2D eigenvalue weighted by molar-refractivity contribution is 0.537. The highest BCUT2D eigenvalue weighted by Crippen LogP contribution is 2.19. The Hall–Kier alpha value is -1.18. The zero-order chi connectivity index (χ0) is 11.0. The molecule has 0 radical (unpaired) electrons. The Labute approximate surface area is 92.1 Å². The van der Waals surface area contributed by atoms with Gasteiger partial charge in [-0.3, -0.25) is 4.21 Å². The average Bonchev–Trinajstić information content (AvgIpc) is 2.55. The third kappa shape index (κ3) is 1.69. The lowest BCUT2D eigenvalue weighted by atomic mass is 10.3. The van der Waals surface area contributed by atoms with Gasteiger partial charge >= 0.3 is 0 Å². The van der Waals surface area contributed by atoms with Gasteiger partial charge in [-0.15, -0.1) is 0 Å². The van der Waals surface area contributed by atoms with Gasteiger partial charge < -0.3 is 15.0 Å². The van der Waals surface area contributed by atoms with Crippen molar-refractivity contribution in [2.45, 2.75) is 4.90 Å². The Balaban J connectivity index is 2.79. The molecule has 1 heterocycles. The van der Waals surface area contributed by atoms with Gasteiger partial charge in [-0.2, -0.15) is 5.10 Å². The van der Waals surface area contributed by atoms with Crippen LogP contribution in [0.2, 0.25) is 0 Å². The first-order valence-electron chi connectivity index (χ1n) is 4.06. The number of nitrogens with two attached hydrogens (primary N) is 1. The van der Waals surface area contributed by atoms with Crippen molar-refractivity contribution in [1.82, 2.24) is 4.57 Å². The van der Waals surface area contributed by atoms with Crippen molar-refractivity contribution in [2.24, 2.45) is 18.0 Å². The summed E-state index contributed by atoms with van der Waals surface area (Å²) in [6.07, 6.45) is 0. The number of aryl methyl sites for hydroxylation is 1. The van der Waals surface area contributed by atoms with Crippen molar-refractivity contribution in [3.05, 3.63) is 23.0 Å². The van der Waals surface area contributed by atoms with Crippen LogP contribution in [0.3, 0.4) is 0 Å². The number of hydrogen-bond acceptors (Lipinski definition) is 5. The van der Waals surface area contributed by atoms with Crippen molar-refractivity contribution >= 4 is 32.6 Å². The Morgan fingerprint density at radius 3 is 2.93 bits per heavy atom. The summed E-state index contributed by atoms with van der Waals surface area (Å²) in [5.41, 5.74) is 0.915. The second-order valence-electron chi connectivity index (χ2n) is 2.94. The van der Waals surface area contributed by atoms with E-state index < -0.39 is 11.1 Å². The van der Waals surface area contributed by atoms with E-state index in [1.54, 1.807) is 18.2 Å². The number of thiazole rings is 1. The van der Waals surface area contributed by atoms with Gasteiger partial charge in [-0.05, 0) is 29.3 Å². The highest BCUT2D eigenvalue weighted by molar-refractivity contribution is 7.79. The molecule has 0 saturated carbocycles. The molecular weight excluding hydrogens is 234 g/mol. The minimum absolute atomic E-state index is 0.271. The van der Waals surface area contributed by atoms with Crippen LogP contribution in [0.25, 0.3) is 10.2 Å². The number of hydrogen-bond donors (Lipinski definition) is 1. The maximum absolute atomic E-state index is 10.8. The summed E-state index contributed by atoms with van der Waals surface area (Å²) in [4.78, 5) is 0.923. The molecule has 80 valence electrons. The summed E-state index contributed by atoms with van der Waals surface area (Å²) in [7, 11) is 1.83. The summed E-state index contributed by atoms with van der Waals surface area (Å²) in [5, 5.41) is 3.61. The van der Waals surface area contributed by atoms with Crippen molar-refractivity contribution in [3.63, 3.8) is 0 Å². The monoisotopic (exact) mass is 242 g/mol. The minimum atomic E-state index is -2.20. The second-order valence-corrected chi connectivity index (χ2v) is 4.89. The fourth-order valence-corrected chi connectivity index (χ4v) is 2.79. The molecule has 0 fully saturated rings. The molecule has 1 atom stereocenters. The van der Waals surface area contributed by atoms with Crippen LogP contribution in [-0.2, 0) is 18.1 Å². The highest BCUT2D eigenvalue weighted by Gasteiger charge is 2.03. The molecule has 2 N–H and O–H groups in total. The largest absolute Gasteiger partial charge is 0.768 e. The maximum Gasteiger partial charge on any atom is 0.208 e.